The highest BCUT2D eigenvalue weighted by Crippen LogP contribution is 2.29. The number of amides is 1. The maximum Gasteiger partial charge on any atom is 0.248 e. The summed E-state index contributed by atoms with van der Waals surface area (Å²) in [6, 6.07) is 3.17. The van der Waals surface area contributed by atoms with Crippen LogP contribution in [0.3, 0.4) is 0 Å². The van der Waals surface area contributed by atoms with Crippen LogP contribution in [0.2, 0.25) is 0 Å². The Bertz CT molecular complexity index is 320. The fraction of sp³-hybridized carbons (Fsp3) is 0. The molecule has 3 nitrogen and oxygen atoms in total. The number of hydrogen-bond donors (Lipinski definition) is 2. The SMILES string of the molecule is Cl.NC(=O)c1cc(Br)c(N)c(Br)c1. The largest absolute Gasteiger partial charge is 0.397 e. The van der Waals surface area contributed by atoms with Gasteiger partial charge >= 0.3 is 0 Å². The molecule has 0 saturated carbocycles. The van der Waals surface area contributed by atoms with Crippen molar-refractivity contribution in [3.05, 3.63) is 26.6 Å². The van der Waals surface area contributed by atoms with Gasteiger partial charge in [-0.25, -0.2) is 0 Å². The number of halogens is 3. The zero-order valence-corrected chi connectivity index (χ0v) is 10.4. The van der Waals surface area contributed by atoms with Crippen molar-refractivity contribution in [1.29, 1.82) is 0 Å². The number of nitrogen functional groups attached to an aromatic ring is 1. The smallest absolute Gasteiger partial charge is 0.248 e. The van der Waals surface area contributed by atoms with E-state index in [9.17, 15) is 4.79 Å². The van der Waals surface area contributed by atoms with Crippen molar-refractivity contribution in [1.82, 2.24) is 0 Å². The Balaban J connectivity index is 0.00000144. The molecule has 4 N–H and O–H groups in total. The van der Waals surface area contributed by atoms with Gasteiger partial charge in [0.1, 0.15) is 0 Å². The second-order valence-electron chi connectivity index (χ2n) is 2.22. The Morgan fingerprint density at radius 1 is 1.23 bits per heavy atom. The predicted octanol–water partition coefficient (Wildman–Crippen LogP) is 2.31. The van der Waals surface area contributed by atoms with E-state index >= 15 is 0 Å². The average Bonchev–Trinajstić information content (AvgIpc) is 1.99. The highest BCUT2D eigenvalue weighted by molar-refractivity contribution is 9.11. The van der Waals surface area contributed by atoms with Crippen LogP contribution in [0, 0.1) is 0 Å². The standard InChI is InChI=1S/C7H6Br2N2O.ClH/c8-4-1-3(7(11)12)2-5(9)6(4)10;/h1-2H,10H2,(H2,11,12);1H. The second-order valence-corrected chi connectivity index (χ2v) is 3.93. The lowest BCUT2D eigenvalue weighted by Gasteiger charge is -2.03. The van der Waals surface area contributed by atoms with Crippen LogP contribution in [-0.4, -0.2) is 5.91 Å². The van der Waals surface area contributed by atoms with E-state index in [-0.39, 0.29) is 12.4 Å². The van der Waals surface area contributed by atoms with Gasteiger partial charge in [-0.15, -0.1) is 12.4 Å². The average molecular weight is 330 g/mol. The van der Waals surface area contributed by atoms with E-state index in [1.54, 1.807) is 12.1 Å². The normalized spacial score (nSPS) is 9.08. The molecule has 1 amide bonds. The molecule has 0 atom stereocenters. The second kappa shape index (κ2) is 4.83. The van der Waals surface area contributed by atoms with Gasteiger partial charge in [-0.3, -0.25) is 4.79 Å². The summed E-state index contributed by atoms with van der Waals surface area (Å²) in [5, 5.41) is 0. The molecule has 0 aliphatic rings. The molecule has 13 heavy (non-hydrogen) atoms. The van der Waals surface area contributed by atoms with Crippen molar-refractivity contribution in [2.75, 3.05) is 5.73 Å². The molecule has 0 bridgehead atoms. The summed E-state index contributed by atoms with van der Waals surface area (Å²) in [6.45, 7) is 0. The van der Waals surface area contributed by atoms with E-state index < -0.39 is 5.91 Å². The molecule has 6 heteroatoms. The molecule has 0 aromatic heterocycles. The van der Waals surface area contributed by atoms with Gasteiger partial charge in [-0.2, -0.15) is 0 Å². The van der Waals surface area contributed by atoms with E-state index in [0.717, 1.165) is 0 Å². The van der Waals surface area contributed by atoms with Gasteiger partial charge in [0.05, 0.1) is 5.69 Å². The van der Waals surface area contributed by atoms with Crippen LogP contribution in [0.5, 0.6) is 0 Å². The van der Waals surface area contributed by atoms with Crippen LogP contribution >= 0.6 is 44.3 Å². The summed E-state index contributed by atoms with van der Waals surface area (Å²) >= 11 is 6.40. The molecular formula is C7H7Br2ClN2O. The molecule has 0 fully saturated rings. The highest BCUT2D eigenvalue weighted by Gasteiger charge is 2.06. The van der Waals surface area contributed by atoms with Crippen molar-refractivity contribution >= 4 is 55.9 Å². The van der Waals surface area contributed by atoms with Crippen molar-refractivity contribution in [2.45, 2.75) is 0 Å². The minimum absolute atomic E-state index is 0. The lowest BCUT2D eigenvalue weighted by atomic mass is 10.2. The molecular weight excluding hydrogens is 323 g/mol. The molecule has 0 unspecified atom stereocenters. The Morgan fingerprint density at radius 3 is 1.92 bits per heavy atom. The number of hydrogen-bond acceptors (Lipinski definition) is 2. The predicted molar refractivity (Wildman–Crippen MR) is 62.0 cm³/mol. The van der Waals surface area contributed by atoms with E-state index in [4.69, 9.17) is 11.5 Å². The summed E-state index contributed by atoms with van der Waals surface area (Å²) in [5.41, 5.74) is 11.7. The lowest BCUT2D eigenvalue weighted by molar-refractivity contribution is 0.1000. The topological polar surface area (TPSA) is 69.1 Å². The Kier molecular flexibility index (Phi) is 4.74. The van der Waals surface area contributed by atoms with Gasteiger partial charge in [-0.1, -0.05) is 0 Å². The molecule has 0 heterocycles. The summed E-state index contributed by atoms with van der Waals surface area (Å²) in [4.78, 5) is 10.8. The van der Waals surface area contributed by atoms with Gasteiger partial charge in [0.15, 0.2) is 0 Å². The van der Waals surface area contributed by atoms with Crippen molar-refractivity contribution < 1.29 is 4.79 Å². The molecule has 1 aromatic rings. The number of primary amides is 1. The van der Waals surface area contributed by atoms with Crippen molar-refractivity contribution in [3.8, 4) is 0 Å². The first-order chi connectivity index (χ1) is 5.52. The third kappa shape index (κ3) is 2.86. The van der Waals surface area contributed by atoms with Crippen LogP contribution in [0.4, 0.5) is 5.69 Å². The molecule has 1 rings (SSSR count). The number of nitrogens with two attached hydrogens (primary N) is 2. The first-order valence-electron chi connectivity index (χ1n) is 3.06. The third-order valence-corrected chi connectivity index (χ3v) is 2.68. The summed E-state index contributed by atoms with van der Waals surface area (Å²) in [5.74, 6) is -0.476. The molecule has 0 spiro atoms. The van der Waals surface area contributed by atoms with E-state index in [1.807, 2.05) is 0 Å². The molecule has 0 aliphatic carbocycles. The summed E-state index contributed by atoms with van der Waals surface area (Å²) < 4.78 is 1.32. The molecule has 0 saturated heterocycles. The zero-order chi connectivity index (χ0) is 9.30. The highest BCUT2D eigenvalue weighted by atomic mass is 79.9. The van der Waals surface area contributed by atoms with Crippen LogP contribution in [0.15, 0.2) is 21.1 Å². The van der Waals surface area contributed by atoms with E-state index in [0.29, 0.717) is 20.2 Å². The fourth-order valence-corrected chi connectivity index (χ4v) is 1.91. The van der Waals surface area contributed by atoms with Gasteiger partial charge in [0, 0.05) is 14.5 Å². The molecule has 72 valence electrons. The first-order valence-corrected chi connectivity index (χ1v) is 4.65. The Morgan fingerprint density at radius 2 is 1.62 bits per heavy atom. The fourth-order valence-electron chi connectivity index (χ4n) is 0.727. The number of carbonyl (C=O) groups excluding carboxylic acids is 1. The van der Waals surface area contributed by atoms with E-state index in [2.05, 4.69) is 31.9 Å². The quantitative estimate of drug-likeness (QED) is 0.776. The van der Waals surface area contributed by atoms with Gasteiger partial charge in [0.25, 0.3) is 0 Å². The van der Waals surface area contributed by atoms with Crippen LogP contribution in [0.1, 0.15) is 10.4 Å². The molecule has 1 aromatic carbocycles. The lowest BCUT2D eigenvalue weighted by Crippen LogP contribution is -2.11. The number of anilines is 1. The zero-order valence-electron chi connectivity index (χ0n) is 6.38. The Hall–Kier alpha value is -0.260. The van der Waals surface area contributed by atoms with Gasteiger partial charge < -0.3 is 11.5 Å². The maximum atomic E-state index is 10.8. The Labute approximate surface area is 98.5 Å². The summed E-state index contributed by atoms with van der Waals surface area (Å²) in [7, 11) is 0. The molecule has 0 radical (unpaired) electrons. The van der Waals surface area contributed by atoms with Crippen LogP contribution < -0.4 is 11.5 Å². The first kappa shape index (κ1) is 12.7. The van der Waals surface area contributed by atoms with Crippen molar-refractivity contribution in [3.63, 3.8) is 0 Å². The van der Waals surface area contributed by atoms with Crippen molar-refractivity contribution in [2.24, 2.45) is 5.73 Å². The minimum Gasteiger partial charge on any atom is -0.397 e. The van der Waals surface area contributed by atoms with Crippen LogP contribution in [-0.2, 0) is 0 Å². The maximum absolute atomic E-state index is 10.8. The molecule has 0 aliphatic heterocycles. The van der Waals surface area contributed by atoms with Gasteiger partial charge in [-0.05, 0) is 44.0 Å². The number of carbonyl (C=O) groups is 1. The summed E-state index contributed by atoms with van der Waals surface area (Å²) in [6.07, 6.45) is 0. The minimum atomic E-state index is -0.476. The third-order valence-electron chi connectivity index (χ3n) is 1.36. The number of rotatable bonds is 1. The van der Waals surface area contributed by atoms with Gasteiger partial charge in [0.2, 0.25) is 5.91 Å². The van der Waals surface area contributed by atoms with E-state index in [1.165, 1.54) is 0 Å². The number of benzene rings is 1. The van der Waals surface area contributed by atoms with Crippen LogP contribution in [0.25, 0.3) is 0 Å². The monoisotopic (exact) mass is 328 g/mol.